The molecule has 4 rings (SSSR count). The molecule has 0 saturated carbocycles. The maximum atomic E-state index is 13.1. The standard InChI is InChI=1S/C21H17N5O3/c1-12(2)26-17-6-4-3-5-14(17)10-18(26)20(27)23-16-8-7-13(11-22)9-15(16)19-24-21(28)29-25-19/h3-10,12H,1-2H3,(H,23,27)(H,24,25,28). The second kappa shape index (κ2) is 7.13. The molecule has 0 atom stereocenters. The largest absolute Gasteiger partial charge is 0.439 e. The van der Waals surface area contributed by atoms with Gasteiger partial charge >= 0.3 is 5.76 Å². The number of nitrogens with zero attached hydrogens (tertiary/aromatic N) is 3. The third-order valence-electron chi connectivity index (χ3n) is 4.59. The number of rotatable bonds is 4. The van der Waals surface area contributed by atoms with Gasteiger partial charge in [0.1, 0.15) is 5.69 Å². The van der Waals surface area contributed by atoms with Crippen molar-refractivity contribution in [1.82, 2.24) is 14.7 Å². The molecular formula is C21H17N5O3. The van der Waals surface area contributed by atoms with Crippen LogP contribution in [-0.2, 0) is 0 Å². The zero-order chi connectivity index (χ0) is 20.5. The van der Waals surface area contributed by atoms with Crippen LogP contribution in [-0.4, -0.2) is 20.6 Å². The van der Waals surface area contributed by atoms with Gasteiger partial charge in [-0.05, 0) is 44.2 Å². The number of H-pyrrole nitrogens is 1. The van der Waals surface area contributed by atoms with Crippen molar-refractivity contribution in [2.75, 3.05) is 5.32 Å². The van der Waals surface area contributed by atoms with Gasteiger partial charge < -0.3 is 9.88 Å². The molecule has 2 heterocycles. The molecule has 0 aliphatic heterocycles. The first-order valence-corrected chi connectivity index (χ1v) is 9.00. The summed E-state index contributed by atoms with van der Waals surface area (Å²) in [6.07, 6.45) is 0. The predicted molar refractivity (Wildman–Crippen MR) is 108 cm³/mol. The zero-order valence-corrected chi connectivity index (χ0v) is 15.8. The van der Waals surface area contributed by atoms with E-state index in [2.05, 4.69) is 20.0 Å². The highest BCUT2D eigenvalue weighted by atomic mass is 16.5. The summed E-state index contributed by atoms with van der Waals surface area (Å²) in [6, 6.07) is 16.4. The summed E-state index contributed by atoms with van der Waals surface area (Å²) in [5.41, 5.74) is 2.62. The fraction of sp³-hybridized carbons (Fsp3) is 0.143. The molecule has 0 bridgehead atoms. The molecule has 0 radical (unpaired) electrons. The number of amides is 1. The lowest BCUT2D eigenvalue weighted by atomic mass is 10.1. The summed E-state index contributed by atoms with van der Waals surface area (Å²) >= 11 is 0. The molecule has 0 fully saturated rings. The van der Waals surface area contributed by atoms with Gasteiger partial charge in [-0.25, -0.2) is 4.79 Å². The molecule has 2 aromatic heterocycles. The molecule has 2 aromatic carbocycles. The lowest BCUT2D eigenvalue weighted by Crippen LogP contribution is -2.18. The lowest BCUT2D eigenvalue weighted by molar-refractivity contribution is 0.101. The van der Waals surface area contributed by atoms with E-state index >= 15 is 0 Å². The van der Waals surface area contributed by atoms with E-state index in [0.29, 0.717) is 22.5 Å². The molecule has 4 aromatic rings. The van der Waals surface area contributed by atoms with E-state index < -0.39 is 5.76 Å². The van der Waals surface area contributed by atoms with Crippen molar-refractivity contribution in [1.29, 1.82) is 5.26 Å². The summed E-state index contributed by atoms with van der Waals surface area (Å²) in [6.45, 7) is 4.02. The average Bonchev–Trinajstić information content (AvgIpc) is 3.32. The first kappa shape index (κ1) is 18.3. The molecule has 0 unspecified atom stereocenters. The number of carbonyl (C=O) groups excluding carboxylic acids is 1. The van der Waals surface area contributed by atoms with E-state index in [1.54, 1.807) is 12.1 Å². The van der Waals surface area contributed by atoms with Crippen LogP contribution in [0.15, 0.2) is 57.8 Å². The lowest BCUT2D eigenvalue weighted by Gasteiger charge is -2.15. The Hall–Kier alpha value is -4.12. The maximum absolute atomic E-state index is 13.1. The molecule has 2 N–H and O–H groups in total. The number of para-hydroxylation sites is 1. The van der Waals surface area contributed by atoms with Crippen molar-refractivity contribution < 1.29 is 9.32 Å². The van der Waals surface area contributed by atoms with Crippen LogP contribution in [0.3, 0.4) is 0 Å². The van der Waals surface area contributed by atoms with Gasteiger partial charge in [-0.2, -0.15) is 5.26 Å². The number of anilines is 1. The second-order valence-corrected chi connectivity index (χ2v) is 6.82. The highest BCUT2D eigenvalue weighted by Gasteiger charge is 2.20. The smallest absolute Gasteiger partial charge is 0.334 e. The van der Waals surface area contributed by atoms with Gasteiger partial charge in [0.2, 0.25) is 0 Å². The third kappa shape index (κ3) is 3.30. The van der Waals surface area contributed by atoms with Crippen LogP contribution >= 0.6 is 0 Å². The minimum atomic E-state index is -0.723. The van der Waals surface area contributed by atoms with Gasteiger partial charge in [0, 0.05) is 22.5 Å². The van der Waals surface area contributed by atoms with Crippen molar-refractivity contribution in [3.05, 3.63) is 70.3 Å². The number of nitrogens with one attached hydrogen (secondary N) is 2. The Morgan fingerprint density at radius 3 is 2.72 bits per heavy atom. The predicted octanol–water partition coefficient (Wildman–Crippen LogP) is 3.69. The molecule has 0 aliphatic carbocycles. The molecule has 8 nitrogen and oxygen atoms in total. The van der Waals surface area contributed by atoms with Crippen LogP contribution in [0.25, 0.3) is 22.3 Å². The van der Waals surface area contributed by atoms with Crippen molar-refractivity contribution in [2.24, 2.45) is 0 Å². The minimum Gasteiger partial charge on any atom is -0.334 e. The number of carbonyl (C=O) groups is 1. The molecular weight excluding hydrogens is 370 g/mol. The Balaban J connectivity index is 1.78. The molecule has 0 spiro atoms. The monoisotopic (exact) mass is 387 g/mol. The third-order valence-corrected chi connectivity index (χ3v) is 4.59. The molecule has 0 aliphatic rings. The molecule has 29 heavy (non-hydrogen) atoms. The summed E-state index contributed by atoms with van der Waals surface area (Å²) < 4.78 is 6.53. The van der Waals surface area contributed by atoms with Gasteiger partial charge in [-0.15, -0.1) is 0 Å². The molecule has 144 valence electrons. The van der Waals surface area contributed by atoms with Crippen molar-refractivity contribution in [2.45, 2.75) is 19.9 Å². The number of aromatic nitrogens is 3. The SMILES string of the molecule is CC(C)n1c(C(=O)Nc2ccc(C#N)cc2-c2noc(=O)[nH]2)cc2ccccc21. The van der Waals surface area contributed by atoms with Crippen LogP contribution in [0.5, 0.6) is 0 Å². The summed E-state index contributed by atoms with van der Waals surface area (Å²) in [5.74, 6) is -0.905. The van der Waals surface area contributed by atoms with Crippen molar-refractivity contribution in [3.8, 4) is 17.5 Å². The van der Waals surface area contributed by atoms with Gasteiger partial charge in [0.25, 0.3) is 5.91 Å². The first-order valence-electron chi connectivity index (χ1n) is 9.00. The van der Waals surface area contributed by atoms with Gasteiger partial charge in [0.15, 0.2) is 5.82 Å². The Bertz CT molecular complexity index is 1320. The Labute approximate surface area is 165 Å². The summed E-state index contributed by atoms with van der Waals surface area (Å²) in [7, 11) is 0. The highest BCUT2D eigenvalue weighted by molar-refractivity contribution is 6.08. The van der Waals surface area contributed by atoms with Crippen LogP contribution in [0.4, 0.5) is 5.69 Å². The average molecular weight is 387 g/mol. The first-order chi connectivity index (χ1) is 14.0. The van der Waals surface area contributed by atoms with E-state index in [1.807, 2.05) is 54.8 Å². The van der Waals surface area contributed by atoms with E-state index in [1.165, 1.54) is 6.07 Å². The Morgan fingerprint density at radius 1 is 1.24 bits per heavy atom. The summed E-state index contributed by atoms with van der Waals surface area (Å²) in [5, 5.41) is 16.7. The number of aromatic amines is 1. The van der Waals surface area contributed by atoms with Crippen LogP contribution in [0, 0.1) is 11.3 Å². The van der Waals surface area contributed by atoms with Crippen molar-refractivity contribution in [3.63, 3.8) is 0 Å². The maximum Gasteiger partial charge on any atom is 0.439 e. The highest BCUT2D eigenvalue weighted by Crippen LogP contribution is 2.28. The van der Waals surface area contributed by atoms with Gasteiger partial charge in [-0.1, -0.05) is 23.4 Å². The Kier molecular flexibility index (Phi) is 4.49. The molecule has 8 heteroatoms. The topological polar surface area (TPSA) is 117 Å². The van der Waals surface area contributed by atoms with E-state index in [0.717, 1.165) is 10.9 Å². The fourth-order valence-corrected chi connectivity index (χ4v) is 3.36. The normalized spacial score (nSPS) is 11.0. The van der Waals surface area contributed by atoms with Crippen molar-refractivity contribution >= 4 is 22.5 Å². The Morgan fingerprint density at radius 2 is 2.03 bits per heavy atom. The van der Waals surface area contributed by atoms with Crippen LogP contribution in [0.2, 0.25) is 0 Å². The van der Waals surface area contributed by atoms with E-state index in [9.17, 15) is 14.9 Å². The molecule has 0 saturated heterocycles. The van der Waals surface area contributed by atoms with E-state index in [-0.39, 0.29) is 17.8 Å². The number of hydrogen-bond acceptors (Lipinski definition) is 5. The molecule has 1 amide bonds. The number of nitriles is 1. The zero-order valence-electron chi connectivity index (χ0n) is 15.8. The summed E-state index contributed by atoms with van der Waals surface area (Å²) in [4.78, 5) is 26.9. The number of hydrogen-bond donors (Lipinski definition) is 2. The minimum absolute atomic E-state index is 0.0722. The number of fused-ring (bicyclic) bond motifs is 1. The van der Waals surface area contributed by atoms with Gasteiger partial charge in [0.05, 0.1) is 17.3 Å². The second-order valence-electron chi connectivity index (χ2n) is 6.82. The van der Waals surface area contributed by atoms with E-state index in [4.69, 9.17) is 0 Å². The van der Waals surface area contributed by atoms with Crippen LogP contribution in [0.1, 0.15) is 35.9 Å². The fourth-order valence-electron chi connectivity index (χ4n) is 3.36. The number of benzene rings is 2. The quantitative estimate of drug-likeness (QED) is 0.554. The van der Waals surface area contributed by atoms with Gasteiger partial charge in [-0.3, -0.25) is 14.3 Å². The van der Waals surface area contributed by atoms with Crippen LogP contribution < -0.4 is 11.1 Å².